The van der Waals surface area contributed by atoms with Crippen molar-refractivity contribution in [3.8, 4) is 0 Å². The SMILES string of the molecule is CCNC(=O)[C@@H](C)OC(=O)[C@H]1CC(=O)N(c2ccccc2F)C1. The van der Waals surface area contributed by atoms with Crippen LogP contribution in [0.15, 0.2) is 24.3 Å². The van der Waals surface area contributed by atoms with Crippen LogP contribution >= 0.6 is 0 Å². The van der Waals surface area contributed by atoms with Crippen molar-refractivity contribution in [2.45, 2.75) is 26.4 Å². The molecule has 0 aliphatic carbocycles. The van der Waals surface area contributed by atoms with Crippen molar-refractivity contribution in [3.05, 3.63) is 30.1 Å². The van der Waals surface area contributed by atoms with Gasteiger partial charge in [0.25, 0.3) is 5.91 Å². The van der Waals surface area contributed by atoms with E-state index >= 15 is 0 Å². The number of hydrogen-bond donors (Lipinski definition) is 1. The Hall–Kier alpha value is -2.44. The second kappa shape index (κ2) is 7.21. The summed E-state index contributed by atoms with van der Waals surface area (Å²) in [6, 6.07) is 5.89. The van der Waals surface area contributed by atoms with E-state index in [9.17, 15) is 18.8 Å². The van der Waals surface area contributed by atoms with Crippen molar-refractivity contribution in [2.75, 3.05) is 18.0 Å². The summed E-state index contributed by atoms with van der Waals surface area (Å²) < 4.78 is 18.9. The van der Waals surface area contributed by atoms with Gasteiger partial charge in [-0.05, 0) is 26.0 Å². The Morgan fingerprint density at radius 3 is 2.78 bits per heavy atom. The Labute approximate surface area is 133 Å². The Kier molecular flexibility index (Phi) is 5.31. The fourth-order valence-corrected chi connectivity index (χ4v) is 2.41. The van der Waals surface area contributed by atoms with Crippen molar-refractivity contribution in [2.24, 2.45) is 5.92 Å². The van der Waals surface area contributed by atoms with Crippen molar-refractivity contribution < 1.29 is 23.5 Å². The van der Waals surface area contributed by atoms with E-state index in [-0.39, 0.29) is 24.6 Å². The number of carbonyl (C=O) groups excluding carboxylic acids is 3. The van der Waals surface area contributed by atoms with E-state index in [0.717, 1.165) is 0 Å². The number of para-hydroxylation sites is 1. The van der Waals surface area contributed by atoms with Crippen LogP contribution in [-0.2, 0) is 19.1 Å². The van der Waals surface area contributed by atoms with Gasteiger partial charge in [-0.15, -0.1) is 0 Å². The van der Waals surface area contributed by atoms with Crippen LogP contribution in [0.4, 0.5) is 10.1 Å². The largest absolute Gasteiger partial charge is 0.452 e. The highest BCUT2D eigenvalue weighted by Gasteiger charge is 2.38. The van der Waals surface area contributed by atoms with Crippen LogP contribution in [0.25, 0.3) is 0 Å². The van der Waals surface area contributed by atoms with Gasteiger partial charge in [0, 0.05) is 19.5 Å². The Morgan fingerprint density at radius 1 is 1.43 bits per heavy atom. The summed E-state index contributed by atoms with van der Waals surface area (Å²) in [5, 5.41) is 2.55. The Bertz CT molecular complexity index is 620. The van der Waals surface area contributed by atoms with E-state index in [0.29, 0.717) is 6.54 Å². The van der Waals surface area contributed by atoms with Gasteiger partial charge in [0.15, 0.2) is 6.10 Å². The highest BCUT2D eigenvalue weighted by molar-refractivity contribution is 5.99. The van der Waals surface area contributed by atoms with E-state index in [2.05, 4.69) is 5.32 Å². The monoisotopic (exact) mass is 322 g/mol. The van der Waals surface area contributed by atoms with Crippen molar-refractivity contribution in [1.29, 1.82) is 0 Å². The number of hydrogen-bond acceptors (Lipinski definition) is 4. The molecule has 1 saturated heterocycles. The molecule has 1 aliphatic heterocycles. The van der Waals surface area contributed by atoms with Crippen molar-refractivity contribution >= 4 is 23.5 Å². The minimum atomic E-state index is -0.930. The molecule has 1 heterocycles. The summed E-state index contributed by atoms with van der Waals surface area (Å²) in [5.74, 6) is -2.60. The standard InChI is InChI=1S/C16H19FN2O4/c1-3-18-15(21)10(2)23-16(22)11-8-14(20)19(9-11)13-7-5-4-6-12(13)17/h4-7,10-11H,3,8-9H2,1-2H3,(H,18,21)/t10-,11+/m1/s1. The van der Waals surface area contributed by atoms with Crippen LogP contribution in [0.5, 0.6) is 0 Å². The molecule has 0 bridgehead atoms. The number of carbonyl (C=O) groups is 3. The number of nitrogens with one attached hydrogen (secondary N) is 1. The smallest absolute Gasteiger partial charge is 0.312 e. The molecule has 1 N–H and O–H groups in total. The zero-order valence-corrected chi connectivity index (χ0v) is 13.0. The number of esters is 1. The number of rotatable bonds is 5. The molecule has 6 nitrogen and oxygen atoms in total. The average Bonchev–Trinajstić information content (AvgIpc) is 2.90. The number of amides is 2. The highest BCUT2D eigenvalue weighted by atomic mass is 19.1. The molecular weight excluding hydrogens is 303 g/mol. The first kappa shape index (κ1) is 16.9. The fraction of sp³-hybridized carbons (Fsp3) is 0.438. The molecule has 1 aromatic carbocycles. The van der Waals surface area contributed by atoms with Crippen molar-refractivity contribution in [1.82, 2.24) is 5.32 Å². The molecule has 23 heavy (non-hydrogen) atoms. The molecular formula is C16H19FN2O4. The van der Waals surface area contributed by atoms with Crippen LogP contribution in [-0.4, -0.2) is 37.0 Å². The van der Waals surface area contributed by atoms with E-state index in [4.69, 9.17) is 4.74 Å². The molecule has 124 valence electrons. The van der Waals surface area contributed by atoms with Gasteiger partial charge in [-0.3, -0.25) is 14.4 Å². The van der Waals surface area contributed by atoms with Crippen molar-refractivity contribution in [3.63, 3.8) is 0 Å². The van der Waals surface area contributed by atoms with Gasteiger partial charge < -0.3 is 15.0 Å². The molecule has 0 radical (unpaired) electrons. The molecule has 0 aromatic heterocycles. The van der Waals surface area contributed by atoms with Gasteiger partial charge in [0.1, 0.15) is 5.82 Å². The zero-order valence-electron chi connectivity index (χ0n) is 13.0. The fourth-order valence-electron chi connectivity index (χ4n) is 2.41. The average molecular weight is 322 g/mol. The van der Waals surface area contributed by atoms with Crippen LogP contribution < -0.4 is 10.2 Å². The van der Waals surface area contributed by atoms with E-state index < -0.39 is 29.7 Å². The molecule has 1 aliphatic rings. The van der Waals surface area contributed by atoms with E-state index in [1.165, 1.54) is 30.0 Å². The predicted molar refractivity (Wildman–Crippen MR) is 81.1 cm³/mol. The molecule has 2 amide bonds. The number of anilines is 1. The van der Waals surface area contributed by atoms with Gasteiger partial charge in [-0.25, -0.2) is 4.39 Å². The molecule has 2 atom stereocenters. The van der Waals surface area contributed by atoms with Crippen LogP contribution in [0, 0.1) is 11.7 Å². The summed E-state index contributed by atoms with van der Waals surface area (Å²) in [6.07, 6.45) is -0.991. The van der Waals surface area contributed by atoms with Gasteiger partial charge >= 0.3 is 5.97 Å². The number of benzene rings is 1. The topological polar surface area (TPSA) is 75.7 Å². The lowest BCUT2D eigenvalue weighted by Gasteiger charge is -2.18. The minimum Gasteiger partial charge on any atom is -0.452 e. The second-order valence-electron chi connectivity index (χ2n) is 5.33. The Morgan fingerprint density at radius 2 is 2.13 bits per heavy atom. The maximum absolute atomic E-state index is 13.8. The molecule has 2 rings (SSSR count). The second-order valence-corrected chi connectivity index (χ2v) is 5.33. The van der Waals surface area contributed by atoms with Crippen LogP contribution in [0.1, 0.15) is 20.3 Å². The highest BCUT2D eigenvalue weighted by Crippen LogP contribution is 2.28. The summed E-state index contributed by atoms with van der Waals surface area (Å²) in [4.78, 5) is 36.9. The number of halogens is 1. The molecule has 1 aromatic rings. The molecule has 0 spiro atoms. The number of ether oxygens (including phenoxy) is 1. The number of likely N-dealkylation sites (N-methyl/N-ethyl adjacent to an activating group) is 1. The van der Waals surface area contributed by atoms with Crippen LogP contribution in [0.3, 0.4) is 0 Å². The van der Waals surface area contributed by atoms with Gasteiger partial charge in [0.2, 0.25) is 5.91 Å². The summed E-state index contributed by atoms with van der Waals surface area (Å²) in [5.41, 5.74) is 0.143. The van der Waals surface area contributed by atoms with Crippen LogP contribution in [0.2, 0.25) is 0 Å². The first-order valence-corrected chi connectivity index (χ1v) is 7.47. The predicted octanol–water partition coefficient (Wildman–Crippen LogP) is 1.25. The third-order valence-electron chi connectivity index (χ3n) is 3.61. The number of nitrogens with zero attached hydrogens (tertiary/aromatic N) is 1. The Balaban J connectivity index is 2.01. The molecule has 1 fully saturated rings. The lowest BCUT2D eigenvalue weighted by Crippen LogP contribution is -2.37. The quantitative estimate of drug-likeness (QED) is 0.828. The summed E-state index contributed by atoms with van der Waals surface area (Å²) in [7, 11) is 0. The minimum absolute atomic E-state index is 0.0424. The maximum Gasteiger partial charge on any atom is 0.312 e. The molecule has 0 unspecified atom stereocenters. The zero-order chi connectivity index (χ0) is 17.0. The first-order chi connectivity index (χ1) is 10.9. The maximum atomic E-state index is 13.8. The van der Waals surface area contributed by atoms with Gasteiger partial charge in [-0.2, -0.15) is 0 Å². The van der Waals surface area contributed by atoms with E-state index in [1.54, 1.807) is 13.0 Å². The lowest BCUT2D eigenvalue weighted by atomic mass is 10.1. The summed E-state index contributed by atoms with van der Waals surface area (Å²) >= 11 is 0. The first-order valence-electron chi connectivity index (χ1n) is 7.47. The van der Waals surface area contributed by atoms with Gasteiger partial charge in [0.05, 0.1) is 11.6 Å². The van der Waals surface area contributed by atoms with Gasteiger partial charge in [-0.1, -0.05) is 12.1 Å². The third kappa shape index (κ3) is 3.85. The van der Waals surface area contributed by atoms with E-state index in [1.807, 2.05) is 0 Å². The molecule has 0 saturated carbocycles. The summed E-state index contributed by atoms with van der Waals surface area (Å²) in [6.45, 7) is 3.70. The normalized spacial score (nSPS) is 18.7. The molecule has 7 heteroatoms. The third-order valence-corrected chi connectivity index (χ3v) is 3.61. The lowest BCUT2D eigenvalue weighted by molar-refractivity contribution is -0.158.